The van der Waals surface area contributed by atoms with Crippen molar-refractivity contribution >= 4 is 0 Å². The van der Waals surface area contributed by atoms with E-state index in [1.165, 1.54) is 18.3 Å². The van der Waals surface area contributed by atoms with Crippen molar-refractivity contribution in [3.05, 3.63) is 23.9 Å². The zero-order valence-electron chi connectivity index (χ0n) is 7.99. The van der Waals surface area contributed by atoms with Crippen LogP contribution in [0.3, 0.4) is 0 Å². The molecule has 0 saturated carbocycles. The molecule has 0 unspecified atom stereocenters. The van der Waals surface area contributed by atoms with E-state index in [-0.39, 0.29) is 12.5 Å². The Labute approximate surface area is 89.2 Å². The van der Waals surface area contributed by atoms with Gasteiger partial charge in [0.05, 0.1) is 18.2 Å². The highest BCUT2D eigenvalue weighted by atomic mass is 19.4. The highest BCUT2D eigenvalue weighted by molar-refractivity contribution is 5.31. The van der Waals surface area contributed by atoms with Gasteiger partial charge in [0, 0.05) is 12.3 Å². The summed E-state index contributed by atoms with van der Waals surface area (Å²) in [4.78, 5) is 3.71. The van der Waals surface area contributed by atoms with Crippen LogP contribution in [0.15, 0.2) is 18.3 Å². The van der Waals surface area contributed by atoms with Crippen LogP contribution in [0, 0.1) is 11.3 Å². The van der Waals surface area contributed by atoms with Crippen LogP contribution in [-0.4, -0.2) is 24.6 Å². The molecule has 1 rings (SSSR count). The summed E-state index contributed by atoms with van der Waals surface area (Å²) >= 11 is 0. The number of hydrogen-bond acceptors (Lipinski definition) is 4. The van der Waals surface area contributed by atoms with Crippen LogP contribution < -0.4 is 4.74 Å². The Bertz CT molecular complexity index is 387. The van der Waals surface area contributed by atoms with Gasteiger partial charge in [-0.1, -0.05) is 0 Å². The van der Waals surface area contributed by atoms with Gasteiger partial charge in [0.15, 0.2) is 0 Å². The summed E-state index contributed by atoms with van der Waals surface area (Å²) in [6.07, 6.45) is -3.33. The lowest BCUT2D eigenvalue weighted by Crippen LogP contribution is -2.18. The minimum Gasteiger partial charge on any atom is -0.475 e. The fraction of sp³-hybridized carbons (Fsp3) is 0.333. The molecule has 4 nitrogen and oxygen atoms in total. The molecule has 0 radical (unpaired) electrons. The Morgan fingerprint density at radius 1 is 1.38 bits per heavy atom. The van der Waals surface area contributed by atoms with Crippen molar-refractivity contribution in [3.8, 4) is 11.9 Å². The van der Waals surface area contributed by atoms with E-state index in [4.69, 9.17) is 10.00 Å². The molecule has 0 aromatic carbocycles. The maximum atomic E-state index is 11.6. The van der Waals surface area contributed by atoms with E-state index in [1.807, 2.05) is 6.07 Å². The molecule has 0 atom stereocenters. The van der Waals surface area contributed by atoms with Crippen LogP contribution in [0.2, 0.25) is 0 Å². The molecular weight excluding hydrogens is 225 g/mol. The molecule has 0 spiro atoms. The predicted molar refractivity (Wildman–Crippen MR) is 46.5 cm³/mol. The summed E-state index contributed by atoms with van der Waals surface area (Å²) in [5.41, 5.74) is 0.321. The largest absolute Gasteiger partial charge is 0.522 e. The van der Waals surface area contributed by atoms with Gasteiger partial charge in [-0.3, -0.25) is 4.74 Å². The zero-order chi connectivity index (χ0) is 12.0. The van der Waals surface area contributed by atoms with Gasteiger partial charge < -0.3 is 4.74 Å². The second kappa shape index (κ2) is 5.32. The molecule has 1 aromatic heterocycles. The number of alkyl halides is 3. The third-order valence-electron chi connectivity index (χ3n) is 1.46. The van der Waals surface area contributed by atoms with Crippen LogP contribution >= 0.6 is 0 Å². The summed E-state index contributed by atoms with van der Waals surface area (Å²) in [7, 11) is 0. The van der Waals surface area contributed by atoms with Gasteiger partial charge in [-0.05, 0) is 6.07 Å². The van der Waals surface area contributed by atoms with Crippen molar-refractivity contribution in [2.24, 2.45) is 0 Å². The smallest absolute Gasteiger partial charge is 0.475 e. The lowest BCUT2D eigenvalue weighted by atomic mass is 10.3. The van der Waals surface area contributed by atoms with E-state index in [9.17, 15) is 13.2 Å². The Morgan fingerprint density at radius 3 is 2.75 bits per heavy atom. The quantitative estimate of drug-likeness (QED) is 0.743. The molecule has 0 saturated heterocycles. The van der Waals surface area contributed by atoms with E-state index >= 15 is 0 Å². The molecule has 0 fully saturated rings. The first-order valence-corrected chi connectivity index (χ1v) is 4.21. The number of halogens is 3. The lowest BCUT2D eigenvalue weighted by molar-refractivity contribution is -0.325. The number of rotatable bonds is 4. The summed E-state index contributed by atoms with van der Waals surface area (Å²) in [5, 5.41) is 8.53. The Hall–Kier alpha value is -1.81. The second-order valence-corrected chi connectivity index (χ2v) is 2.64. The monoisotopic (exact) mass is 232 g/mol. The highest BCUT2D eigenvalue weighted by Gasteiger charge is 2.28. The molecule has 1 aromatic rings. The van der Waals surface area contributed by atoms with Crippen molar-refractivity contribution < 1.29 is 22.6 Å². The lowest BCUT2D eigenvalue weighted by Gasteiger charge is -2.08. The fourth-order valence-electron chi connectivity index (χ4n) is 0.862. The van der Waals surface area contributed by atoms with Gasteiger partial charge in [-0.25, -0.2) is 4.98 Å². The van der Waals surface area contributed by atoms with Crippen LogP contribution in [0.25, 0.3) is 0 Å². The fourth-order valence-corrected chi connectivity index (χ4v) is 0.862. The average molecular weight is 232 g/mol. The van der Waals surface area contributed by atoms with Gasteiger partial charge in [-0.2, -0.15) is 5.26 Å². The van der Waals surface area contributed by atoms with Crippen LogP contribution in [0.1, 0.15) is 5.56 Å². The van der Waals surface area contributed by atoms with Gasteiger partial charge in [0.1, 0.15) is 6.61 Å². The number of pyridine rings is 1. The maximum absolute atomic E-state index is 11.6. The molecule has 0 aliphatic rings. The normalized spacial score (nSPS) is 10.9. The molecule has 16 heavy (non-hydrogen) atoms. The Balaban J connectivity index is 2.35. The van der Waals surface area contributed by atoms with Crippen molar-refractivity contribution in [1.82, 2.24) is 4.98 Å². The molecule has 86 valence electrons. The van der Waals surface area contributed by atoms with Gasteiger partial charge in [0.25, 0.3) is 0 Å². The number of nitriles is 1. The van der Waals surface area contributed by atoms with Crippen molar-refractivity contribution in [1.29, 1.82) is 5.26 Å². The third kappa shape index (κ3) is 4.61. The Morgan fingerprint density at radius 2 is 2.12 bits per heavy atom. The van der Waals surface area contributed by atoms with E-state index in [2.05, 4.69) is 9.72 Å². The first-order chi connectivity index (χ1) is 7.51. The number of aromatic nitrogens is 1. The summed E-state index contributed by atoms with van der Waals surface area (Å²) < 4.78 is 43.0. The number of hydrogen-bond donors (Lipinski definition) is 0. The summed E-state index contributed by atoms with van der Waals surface area (Å²) in [5.74, 6) is 0.0878. The molecule has 0 amide bonds. The molecule has 0 aliphatic heterocycles. The first kappa shape index (κ1) is 12.3. The zero-order valence-corrected chi connectivity index (χ0v) is 7.99. The maximum Gasteiger partial charge on any atom is 0.522 e. The second-order valence-electron chi connectivity index (χ2n) is 2.64. The van der Waals surface area contributed by atoms with Crippen LogP contribution in [0.4, 0.5) is 13.2 Å². The van der Waals surface area contributed by atoms with Crippen LogP contribution in [0.5, 0.6) is 5.88 Å². The third-order valence-corrected chi connectivity index (χ3v) is 1.46. The number of ether oxygens (including phenoxy) is 2. The van der Waals surface area contributed by atoms with Gasteiger partial charge in [-0.15, -0.1) is 13.2 Å². The molecule has 0 N–H and O–H groups in total. The standard InChI is InChI=1S/C9H7F3N2O2/c10-9(11,12)16-4-3-15-8-5-7(6-13)1-2-14-8/h1-2,5H,3-4H2. The molecular formula is C9H7F3N2O2. The molecule has 1 heterocycles. The Kier molecular flexibility index (Phi) is 4.08. The summed E-state index contributed by atoms with van der Waals surface area (Å²) in [6, 6.07) is 4.64. The average Bonchev–Trinajstić information content (AvgIpc) is 2.23. The van der Waals surface area contributed by atoms with E-state index in [0.717, 1.165) is 0 Å². The molecule has 7 heteroatoms. The predicted octanol–water partition coefficient (Wildman–Crippen LogP) is 1.87. The highest BCUT2D eigenvalue weighted by Crippen LogP contribution is 2.15. The van der Waals surface area contributed by atoms with Gasteiger partial charge in [0.2, 0.25) is 5.88 Å². The SMILES string of the molecule is N#Cc1ccnc(OCCOC(F)(F)F)c1. The molecule has 0 bridgehead atoms. The van der Waals surface area contributed by atoms with E-state index in [0.29, 0.717) is 5.56 Å². The molecule has 0 aliphatic carbocycles. The van der Waals surface area contributed by atoms with E-state index in [1.54, 1.807) is 0 Å². The topological polar surface area (TPSA) is 55.1 Å². The van der Waals surface area contributed by atoms with Gasteiger partial charge >= 0.3 is 6.36 Å². The van der Waals surface area contributed by atoms with Crippen molar-refractivity contribution in [2.75, 3.05) is 13.2 Å². The van der Waals surface area contributed by atoms with E-state index < -0.39 is 13.0 Å². The van der Waals surface area contributed by atoms with Crippen LogP contribution in [-0.2, 0) is 4.74 Å². The minimum atomic E-state index is -4.66. The van der Waals surface area contributed by atoms with Crippen molar-refractivity contribution in [3.63, 3.8) is 0 Å². The number of nitrogens with zero attached hydrogens (tertiary/aromatic N) is 2. The summed E-state index contributed by atoms with van der Waals surface area (Å²) in [6.45, 7) is -0.913. The van der Waals surface area contributed by atoms with Crippen molar-refractivity contribution in [2.45, 2.75) is 6.36 Å². The first-order valence-electron chi connectivity index (χ1n) is 4.21. The minimum absolute atomic E-state index is 0.0878.